The van der Waals surface area contributed by atoms with Crippen LogP contribution in [0.5, 0.6) is 11.5 Å². The van der Waals surface area contributed by atoms with Gasteiger partial charge in [0.1, 0.15) is 18.1 Å². The number of hydrogen-bond donors (Lipinski definition) is 1. The maximum Gasteiger partial charge on any atom is 0.358 e. The molecule has 2 heterocycles. The lowest BCUT2D eigenvalue weighted by molar-refractivity contribution is -0.697. The Labute approximate surface area is 157 Å². The van der Waals surface area contributed by atoms with Gasteiger partial charge in [-0.15, -0.1) is 0 Å². The third kappa shape index (κ3) is 5.14. The van der Waals surface area contributed by atoms with E-state index in [1.807, 2.05) is 23.9 Å². The number of hydrogen-bond acceptors (Lipinski definition) is 7. The Hall–Kier alpha value is -3.20. The van der Waals surface area contributed by atoms with E-state index < -0.39 is 10.1 Å². The van der Waals surface area contributed by atoms with Gasteiger partial charge < -0.3 is 14.7 Å². The Bertz CT molecular complexity index is 1010. The standard InChI is InChI=1S/C18H18N4O4S/c1-14-10-16(25-9-8-22-6-2-15(19)3-7-22)12-17(11-14)26-27(23,24)18-13-20-4-5-21-18/h2-7,10-13,19H,8-9H2,1H3/p+1. The average molecular weight is 387 g/mol. The number of rotatable bonds is 7. The molecule has 0 saturated carbocycles. The molecule has 3 rings (SSSR count). The van der Waals surface area contributed by atoms with E-state index in [1.165, 1.54) is 18.5 Å². The molecular weight excluding hydrogens is 368 g/mol. The first-order valence-electron chi connectivity index (χ1n) is 8.12. The van der Waals surface area contributed by atoms with Crippen LogP contribution in [0.2, 0.25) is 0 Å². The minimum atomic E-state index is -4.06. The number of aromatic nitrogens is 3. The lowest BCUT2D eigenvalue weighted by Gasteiger charge is -2.10. The number of ether oxygens (including phenoxy) is 1. The molecule has 0 aliphatic carbocycles. The van der Waals surface area contributed by atoms with Gasteiger partial charge >= 0.3 is 10.1 Å². The van der Waals surface area contributed by atoms with Crippen LogP contribution in [0.15, 0.2) is 66.3 Å². The van der Waals surface area contributed by atoms with Gasteiger partial charge in [-0.3, -0.25) is 4.98 Å². The molecule has 1 aromatic carbocycles. The summed E-state index contributed by atoms with van der Waals surface area (Å²) in [5.41, 5.74) is 7.15. The first-order chi connectivity index (χ1) is 12.9. The highest BCUT2D eigenvalue weighted by Crippen LogP contribution is 2.25. The fourth-order valence-corrected chi connectivity index (χ4v) is 3.13. The van der Waals surface area contributed by atoms with Gasteiger partial charge in [-0.1, -0.05) is 0 Å². The van der Waals surface area contributed by atoms with Crippen LogP contribution >= 0.6 is 0 Å². The second-order valence-corrected chi connectivity index (χ2v) is 7.27. The molecule has 2 aromatic heterocycles. The summed E-state index contributed by atoms with van der Waals surface area (Å²) >= 11 is 0. The summed E-state index contributed by atoms with van der Waals surface area (Å²) < 4.78 is 37.4. The second-order valence-electron chi connectivity index (χ2n) is 5.78. The molecule has 27 heavy (non-hydrogen) atoms. The molecule has 0 aliphatic heterocycles. The largest absolute Gasteiger partial charge is 0.487 e. The second kappa shape index (κ2) is 8.00. The van der Waals surface area contributed by atoms with Crippen molar-refractivity contribution in [1.29, 1.82) is 0 Å². The predicted molar refractivity (Wildman–Crippen MR) is 97.6 cm³/mol. The minimum Gasteiger partial charge on any atom is -0.487 e. The van der Waals surface area contributed by atoms with Gasteiger partial charge in [0, 0.05) is 36.3 Å². The fraction of sp³-hybridized carbons (Fsp3) is 0.167. The van der Waals surface area contributed by atoms with Crippen molar-refractivity contribution >= 4 is 15.8 Å². The molecule has 8 nitrogen and oxygen atoms in total. The molecule has 0 fully saturated rings. The van der Waals surface area contributed by atoms with E-state index in [0.717, 1.165) is 11.8 Å². The predicted octanol–water partition coefficient (Wildman–Crippen LogP) is 1.50. The van der Waals surface area contributed by atoms with Crippen LogP contribution in [-0.2, 0) is 16.7 Å². The highest BCUT2D eigenvalue weighted by Gasteiger charge is 2.19. The van der Waals surface area contributed by atoms with Gasteiger partial charge in [0.05, 0.1) is 6.20 Å². The van der Waals surface area contributed by atoms with Crippen LogP contribution in [-0.4, -0.2) is 25.0 Å². The lowest BCUT2D eigenvalue weighted by atomic mass is 10.2. The van der Waals surface area contributed by atoms with Crippen molar-refractivity contribution in [3.05, 3.63) is 66.9 Å². The maximum absolute atomic E-state index is 12.3. The van der Waals surface area contributed by atoms with Gasteiger partial charge in [0.25, 0.3) is 0 Å². The van der Waals surface area contributed by atoms with Crippen molar-refractivity contribution in [1.82, 2.24) is 9.97 Å². The normalized spacial score (nSPS) is 11.1. The van der Waals surface area contributed by atoms with E-state index in [2.05, 4.69) is 9.97 Å². The zero-order valence-electron chi connectivity index (χ0n) is 14.6. The fourth-order valence-electron chi connectivity index (χ4n) is 2.32. The number of nitrogens with two attached hydrogens (primary N) is 1. The first kappa shape index (κ1) is 18.6. The Morgan fingerprint density at radius 3 is 2.56 bits per heavy atom. The smallest absolute Gasteiger partial charge is 0.358 e. The van der Waals surface area contributed by atoms with Gasteiger partial charge in [-0.25, -0.2) is 9.55 Å². The molecule has 0 aliphatic rings. The summed E-state index contributed by atoms with van der Waals surface area (Å²) in [6, 6.07) is 8.53. The van der Waals surface area contributed by atoms with Crippen molar-refractivity contribution in [3.63, 3.8) is 0 Å². The SMILES string of the molecule is Cc1cc(OCC[n+]2ccc(N)cc2)cc(OS(=O)(=O)c2cnccn2)c1. The van der Waals surface area contributed by atoms with Gasteiger partial charge in [0.2, 0.25) is 5.03 Å². The number of pyridine rings is 1. The Morgan fingerprint density at radius 2 is 1.85 bits per heavy atom. The van der Waals surface area contributed by atoms with E-state index >= 15 is 0 Å². The third-order valence-corrected chi connectivity index (χ3v) is 4.70. The number of anilines is 1. The van der Waals surface area contributed by atoms with Crippen LogP contribution in [0.25, 0.3) is 0 Å². The molecule has 140 valence electrons. The molecule has 0 spiro atoms. The molecule has 0 amide bonds. The molecule has 9 heteroatoms. The molecule has 0 bridgehead atoms. The molecule has 0 unspecified atom stereocenters. The zero-order chi connectivity index (χ0) is 19.3. The zero-order valence-corrected chi connectivity index (χ0v) is 15.5. The van der Waals surface area contributed by atoms with Crippen LogP contribution in [0.3, 0.4) is 0 Å². The van der Waals surface area contributed by atoms with Gasteiger partial charge in [-0.2, -0.15) is 8.42 Å². The third-order valence-electron chi connectivity index (χ3n) is 3.56. The van der Waals surface area contributed by atoms with Crippen molar-refractivity contribution in [2.24, 2.45) is 0 Å². The monoisotopic (exact) mass is 387 g/mol. The quantitative estimate of drug-likeness (QED) is 0.483. The summed E-state index contributed by atoms with van der Waals surface area (Å²) in [6.45, 7) is 2.83. The van der Waals surface area contributed by atoms with Crippen LogP contribution in [0.4, 0.5) is 5.69 Å². The van der Waals surface area contributed by atoms with Crippen molar-refractivity contribution in [2.75, 3.05) is 12.3 Å². The molecule has 2 N–H and O–H groups in total. The number of aryl methyl sites for hydroxylation is 1. The summed E-state index contributed by atoms with van der Waals surface area (Å²) in [5.74, 6) is 0.659. The van der Waals surface area contributed by atoms with E-state index in [4.69, 9.17) is 14.7 Å². The van der Waals surface area contributed by atoms with E-state index in [9.17, 15) is 8.42 Å². The maximum atomic E-state index is 12.3. The van der Waals surface area contributed by atoms with E-state index in [1.54, 1.807) is 24.3 Å². The summed E-state index contributed by atoms with van der Waals surface area (Å²) in [7, 11) is -4.06. The molecular formula is C18H19N4O4S+. The van der Waals surface area contributed by atoms with Crippen molar-refractivity contribution < 1.29 is 21.9 Å². The highest BCUT2D eigenvalue weighted by atomic mass is 32.2. The van der Waals surface area contributed by atoms with Crippen LogP contribution < -0.4 is 19.2 Å². The summed E-state index contributed by atoms with van der Waals surface area (Å²) in [6.07, 6.45) is 7.52. The lowest BCUT2D eigenvalue weighted by Crippen LogP contribution is -2.35. The van der Waals surface area contributed by atoms with Gasteiger partial charge in [0.15, 0.2) is 18.9 Å². The van der Waals surface area contributed by atoms with Crippen LogP contribution in [0.1, 0.15) is 5.56 Å². The number of nitrogen functional groups attached to an aromatic ring is 1. The topological polar surface area (TPSA) is 108 Å². The average Bonchev–Trinajstić information content (AvgIpc) is 2.63. The summed E-state index contributed by atoms with van der Waals surface area (Å²) in [5, 5.41) is -0.256. The van der Waals surface area contributed by atoms with E-state index in [0.29, 0.717) is 24.6 Å². The molecule has 3 aromatic rings. The number of benzene rings is 1. The molecule has 0 radical (unpaired) electrons. The number of nitrogens with zero attached hydrogens (tertiary/aromatic N) is 3. The Kier molecular flexibility index (Phi) is 5.51. The van der Waals surface area contributed by atoms with E-state index in [-0.39, 0.29) is 10.8 Å². The molecule has 0 atom stereocenters. The van der Waals surface area contributed by atoms with Gasteiger partial charge in [-0.05, 0) is 24.6 Å². The summed E-state index contributed by atoms with van der Waals surface area (Å²) in [4.78, 5) is 7.51. The van der Waals surface area contributed by atoms with Crippen molar-refractivity contribution in [2.45, 2.75) is 18.5 Å². The minimum absolute atomic E-state index is 0.149. The Morgan fingerprint density at radius 1 is 1.11 bits per heavy atom. The van der Waals surface area contributed by atoms with Crippen LogP contribution in [0, 0.1) is 6.92 Å². The van der Waals surface area contributed by atoms with Crippen molar-refractivity contribution in [3.8, 4) is 11.5 Å². The highest BCUT2D eigenvalue weighted by molar-refractivity contribution is 7.87. The first-order valence-corrected chi connectivity index (χ1v) is 9.53. The Balaban J connectivity index is 1.68. The molecule has 0 saturated heterocycles.